The van der Waals surface area contributed by atoms with E-state index in [-0.39, 0.29) is 25.2 Å². The monoisotopic (exact) mass is 369 g/mol. The molecule has 2 aromatic carbocycles. The zero-order valence-electron chi connectivity index (χ0n) is 15.3. The molecule has 1 aliphatic rings. The fourth-order valence-electron chi connectivity index (χ4n) is 3.25. The molecule has 1 aliphatic carbocycles. The fourth-order valence-corrected chi connectivity index (χ4v) is 3.25. The summed E-state index contributed by atoms with van der Waals surface area (Å²) in [7, 11) is 0. The van der Waals surface area contributed by atoms with Crippen LogP contribution in [0.15, 0.2) is 48.5 Å². The molecule has 0 radical (unpaired) electrons. The second kappa shape index (κ2) is 8.22. The summed E-state index contributed by atoms with van der Waals surface area (Å²) in [6, 6.07) is 14.9. The third-order valence-corrected chi connectivity index (χ3v) is 4.53. The van der Waals surface area contributed by atoms with Crippen LogP contribution in [-0.4, -0.2) is 42.5 Å². The Kier molecular flexibility index (Phi) is 5.76. The van der Waals surface area contributed by atoms with Crippen molar-refractivity contribution in [2.45, 2.75) is 31.9 Å². The molecule has 1 amide bonds. The maximum atomic E-state index is 12.1. The first kappa shape index (κ1) is 18.9. The fraction of sp³-hybridized carbons (Fsp3) is 0.333. The molecule has 0 spiro atoms. The Morgan fingerprint density at radius 3 is 2.11 bits per heavy atom. The summed E-state index contributed by atoms with van der Waals surface area (Å²) in [5.41, 5.74) is 4.47. The molecule has 0 fully saturated rings. The van der Waals surface area contributed by atoms with Gasteiger partial charge in [0.2, 0.25) is 0 Å². The lowest BCUT2D eigenvalue weighted by atomic mass is 9.98. The number of carboxylic acid groups (broad SMARTS) is 1. The van der Waals surface area contributed by atoms with Gasteiger partial charge in [-0.1, -0.05) is 48.5 Å². The van der Waals surface area contributed by atoms with Crippen LogP contribution >= 0.6 is 0 Å². The van der Waals surface area contributed by atoms with Crippen molar-refractivity contribution in [1.29, 1.82) is 0 Å². The van der Waals surface area contributed by atoms with E-state index < -0.39 is 18.1 Å². The lowest BCUT2D eigenvalue weighted by molar-refractivity contribution is -0.141. The Balaban J connectivity index is 1.66. The second-order valence-electron chi connectivity index (χ2n) is 6.74. The first-order valence-electron chi connectivity index (χ1n) is 8.93. The highest BCUT2D eigenvalue weighted by molar-refractivity contribution is 5.81. The average Bonchev–Trinajstić information content (AvgIpc) is 2.97. The standard InChI is InChI=1S/C21H23NO5/c1-13(2)26-12-19(20(23)24)22-21(25)27-11-18-16-9-5-3-7-14(16)15-8-4-6-10-17(15)18/h3-10,13,18-19H,11-12H2,1-2H3,(H,22,25)(H,23,24)/t19-/m1/s1. The number of fused-ring (bicyclic) bond motifs is 3. The van der Waals surface area contributed by atoms with Gasteiger partial charge in [0.1, 0.15) is 6.61 Å². The van der Waals surface area contributed by atoms with E-state index in [1.807, 2.05) is 36.4 Å². The van der Waals surface area contributed by atoms with E-state index in [2.05, 4.69) is 17.4 Å². The number of hydrogen-bond donors (Lipinski definition) is 2. The topological polar surface area (TPSA) is 84.9 Å². The van der Waals surface area contributed by atoms with E-state index in [9.17, 15) is 14.7 Å². The zero-order valence-corrected chi connectivity index (χ0v) is 15.3. The summed E-state index contributed by atoms with van der Waals surface area (Å²) >= 11 is 0. The third-order valence-electron chi connectivity index (χ3n) is 4.53. The quantitative estimate of drug-likeness (QED) is 0.781. The normalized spacial score (nSPS) is 13.7. The minimum Gasteiger partial charge on any atom is -0.480 e. The number of amides is 1. The van der Waals surface area contributed by atoms with Crippen molar-refractivity contribution in [3.8, 4) is 11.1 Å². The molecule has 0 aromatic heterocycles. The maximum absolute atomic E-state index is 12.1. The second-order valence-corrected chi connectivity index (χ2v) is 6.74. The number of carbonyl (C=O) groups is 2. The third kappa shape index (κ3) is 4.28. The molecule has 27 heavy (non-hydrogen) atoms. The number of ether oxygens (including phenoxy) is 2. The van der Waals surface area contributed by atoms with Gasteiger partial charge in [0, 0.05) is 5.92 Å². The van der Waals surface area contributed by atoms with Crippen LogP contribution in [0, 0.1) is 0 Å². The molecule has 2 N–H and O–H groups in total. The van der Waals surface area contributed by atoms with E-state index in [1.54, 1.807) is 13.8 Å². The van der Waals surface area contributed by atoms with Crippen molar-refractivity contribution in [3.05, 3.63) is 59.7 Å². The molecule has 0 saturated heterocycles. The molecule has 2 aromatic rings. The largest absolute Gasteiger partial charge is 0.480 e. The molecule has 6 heteroatoms. The molecule has 3 rings (SSSR count). The molecule has 0 aliphatic heterocycles. The highest BCUT2D eigenvalue weighted by atomic mass is 16.5. The van der Waals surface area contributed by atoms with Crippen molar-refractivity contribution in [2.24, 2.45) is 0 Å². The van der Waals surface area contributed by atoms with Crippen LogP contribution in [0.25, 0.3) is 11.1 Å². The number of benzene rings is 2. The summed E-state index contributed by atoms with van der Waals surface area (Å²) in [6.07, 6.45) is -0.896. The lowest BCUT2D eigenvalue weighted by Crippen LogP contribution is -2.45. The number of aliphatic carboxylic acids is 1. The molecule has 142 valence electrons. The van der Waals surface area contributed by atoms with E-state index in [0.717, 1.165) is 22.3 Å². The van der Waals surface area contributed by atoms with Crippen LogP contribution in [0.3, 0.4) is 0 Å². The molecular weight excluding hydrogens is 346 g/mol. The Hall–Kier alpha value is -2.86. The molecule has 0 bridgehead atoms. The van der Waals surface area contributed by atoms with E-state index in [0.29, 0.717) is 0 Å². The SMILES string of the molecule is CC(C)OC[C@@H](NC(=O)OCC1c2ccccc2-c2ccccc21)C(=O)O. The maximum Gasteiger partial charge on any atom is 0.407 e. The predicted molar refractivity (Wildman–Crippen MR) is 101 cm³/mol. The minimum absolute atomic E-state index is 0.0710. The average molecular weight is 369 g/mol. The van der Waals surface area contributed by atoms with Crippen LogP contribution in [-0.2, 0) is 14.3 Å². The van der Waals surface area contributed by atoms with Gasteiger partial charge in [-0.15, -0.1) is 0 Å². The number of rotatable bonds is 7. The van der Waals surface area contributed by atoms with E-state index in [4.69, 9.17) is 9.47 Å². The molecular formula is C21H23NO5. The number of alkyl carbamates (subject to hydrolysis) is 1. The van der Waals surface area contributed by atoms with Gasteiger partial charge >= 0.3 is 12.1 Å². The molecule has 0 heterocycles. The number of carboxylic acids is 1. The van der Waals surface area contributed by atoms with Crippen LogP contribution in [0.1, 0.15) is 30.9 Å². The first-order valence-corrected chi connectivity index (χ1v) is 8.93. The van der Waals surface area contributed by atoms with Crippen molar-refractivity contribution in [1.82, 2.24) is 5.32 Å². The molecule has 0 unspecified atom stereocenters. The molecule has 1 atom stereocenters. The molecule has 0 saturated carbocycles. The van der Waals surface area contributed by atoms with Gasteiger partial charge < -0.3 is 19.9 Å². The van der Waals surface area contributed by atoms with Crippen LogP contribution in [0.4, 0.5) is 4.79 Å². The van der Waals surface area contributed by atoms with Crippen LogP contribution < -0.4 is 5.32 Å². The van der Waals surface area contributed by atoms with Gasteiger partial charge in [-0.25, -0.2) is 9.59 Å². The highest BCUT2D eigenvalue weighted by Gasteiger charge is 2.29. The smallest absolute Gasteiger partial charge is 0.407 e. The number of nitrogens with one attached hydrogen (secondary N) is 1. The number of hydrogen-bond acceptors (Lipinski definition) is 4. The number of carbonyl (C=O) groups excluding carboxylic acids is 1. The highest BCUT2D eigenvalue weighted by Crippen LogP contribution is 2.44. The van der Waals surface area contributed by atoms with Crippen molar-refractivity contribution in [3.63, 3.8) is 0 Å². The summed E-state index contributed by atoms with van der Waals surface area (Å²) in [4.78, 5) is 23.4. The van der Waals surface area contributed by atoms with Crippen LogP contribution in [0.2, 0.25) is 0 Å². The minimum atomic E-state index is -1.16. The van der Waals surface area contributed by atoms with Gasteiger partial charge in [0.05, 0.1) is 12.7 Å². The van der Waals surface area contributed by atoms with E-state index in [1.165, 1.54) is 0 Å². The zero-order chi connectivity index (χ0) is 19.4. The van der Waals surface area contributed by atoms with Crippen LogP contribution in [0.5, 0.6) is 0 Å². The Morgan fingerprint density at radius 2 is 1.59 bits per heavy atom. The van der Waals surface area contributed by atoms with Gasteiger partial charge in [0.15, 0.2) is 6.04 Å². The Morgan fingerprint density at radius 1 is 1.04 bits per heavy atom. The van der Waals surface area contributed by atoms with Gasteiger partial charge in [-0.05, 0) is 36.1 Å². The Labute approximate surface area is 158 Å². The summed E-state index contributed by atoms with van der Waals surface area (Å²) in [6.45, 7) is 3.62. The lowest BCUT2D eigenvalue weighted by Gasteiger charge is -2.18. The van der Waals surface area contributed by atoms with Gasteiger partial charge in [-0.2, -0.15) is 0 Å². The van der Waals surface area contributed by atoms with Crippen molar-refractivity contribution >= 4 is 12.1 Å². The summed E-state index contributed by atoms with van der Waals surface area (Å²) in [5, 5.41) is 11.6. The summed E-state index contributed by atoms with van der Waals surface area (Å²) < 4.78 is 10.6. The first-order chi connectivity index (χ1) is 13.0. The van der Waals surface area contributed by atoms with Crippen molar-refractivity contribution in [2.75, 3.05) is 13.2 Å². The van der Waals surface area contributed by atoms with E-state index >= 15 is 0 Å². The van der Waals surface area contributed by atoms with Gasteiger partial charge in [-0.3, -0.25) is 0 Å². The molecule has 6 nitrogen and oxygen atoms in total. The Bertz CT molecular complexity index is 787. The predicted octanol–water partition coefficient (Wildman–Crippen LogP) is 3.40. The van der Waals surface area contributed by atoms with Gasteiger partial charge in [0.25, 0.3) is 0 Å². The summed E-state index contributed by atoms with van der Waals surface area (Å²) in [5.74, 6) is -1.23. The van der Waals surface area contributed by atoms with Crippen molar-refractivity contribution < 1.29 is 24.2 Å².